The molecule has 0 radical (unpaired) electrons. The second kappa shape index (κ2) is 11.5. The molecule has 0 saturated heterocycles. The van der Waals surface area contributed by atoms with Gasteiger partial charge in [-0.05, 0) is 28.8 Å². The number of aromatic amines is 1. The number of tetrazole rings is 1. The average Bonchev–Trinajstić information content (AvgIpc) is 3.61. The summed E-state index contributed by atoms with van der Waals surface area (Å²) in [4.78, 5) is 43.4. The van der Waals surface area contributed by atoms with Crippen molar-refractivity contribution >= 4 is 17.8 Å². The van der Waals surface area contributed by atoms with Gasteiger partial charge in [-0.15, -0.1) is 10.2 Å². The molecule has 0 aliphatic carbocycles. The fourth-order valence-corrected chi connectivity index (χ4v) is 5.14. The summed E-state index contributed by atoms with van der Waals surface area (Å²) in [5.74, 6) is -1.19. The molecule has 0 spiro atoms. The zero-order valence-corrected chi connectivity index (χ0v) is 22.2. The first-order chi connectivity index (χ1) is 19.4. The van der Waals surface area contributed by atoms with Gasteiger partial charge >= 0.3 is 11.9 Å². The van der Waals surface area contributed by atoms with E-state index < -0.39 is 30.3 Å². The van der Waals surface area contributed by atoms with Crippen LogP contribution in [0.3, 0.4) is 0 Å². The van der Waals surface area contributed by atoms with E-state index in [-0.39, 0.29) is 13.2 Å². The van der Waals surface area contributed by atoms with Crippen molar-refractivity contribution in [3.63, 3.8) is 0 Å². The minimum Gasteiger partial charge on any atom is -0.479 e. The van der Waals surface area contributed by atoms with E-state index in [9.17, 15) is 19.5 Å². The quantitative estimate of drug-likeness (QED) is 0.239. The Bertz CT molecular complexity index is 1530. The molecule has 2 N–H and O–H groups in total. The first-order valence-electron chi connectivity index (χ1n) is 13.1. The van der Waals surface area contributed by atoms with Crippen molar-refractivity contribution in [3.8, 4) is 22.5 Å². The number of H-pyrrole nitrogens is 1. The number of aliphatic carboxylic acids is 1. The number of nitrogens with one attached hydrogen (secondary N) is 1. The smallest absolute Gasteiger partial charge is 0.332 e. The normalized spacial score (nSPS) is 14.6. The van der Waals surface area contributed by atoms with Gasteiger partial charge in [0, 0.05) is 31.5 Å². The van der Waals surface area contributed by atoms with E-state index in [4.69, 9.17) is 9.72 Å². The Labute approximate surface area is 230 Å². The summed E-state index contributed by atoms with van der Waals surface area (Å²) in [6.07, 6.45) is 0.486. The third-order valence-corrected chi connectivity index (χ3v) is 6.91. The molecule has 4 aromatic rings. The Hall–Kier alpha value is -4.87. The van der Waals surface area contributed by atoms with Gasteiger partial charge in [0.15, 0.2) is 6.04 Å². The van der Waals surface area contributed by atoms with Gasteiger partial charge in [-0.25, -0.2) is 9.78 Å². The first kappa shape index (κ1) is 26.7. The number of hydrogen-bond donors (Lipinski definition) is 2. The standard InChI is InChI=1S/C28H29N7O5/c1-3-22-29-21-13-14-34(23(36)15-24(37)40-4-2)26(28(38)39)25(21)35(22)16-17-9-11-18(12-10-17)19-7-5-6-8-20(19)27-30-32-33-31-27/h5-12,26H,3-4,13-16H2,1-2H3,(H,38,39)(H,30,31,32,33). The van der Waals surface area contributed by atoms with Crippen molar-refractivity contribution in [2.24, 2.45) is 0 Å². The molecule has 0 bridgehead atoms. The van der Waals surface area contributed by atoms with Crippen LogP contribution in [0.2, 0.25) is 0 Å². The van der Waals surface area contributed by atoms with E-state index in [0.717, 1.165) is 28.1 Å². The molecule has 1 unspecified atom stereocenters. The van der Waals surface area contributed by atoms with Gasteiger partial charge in [0.1, 0.15) is 12.2 Å². The van der Waals surface area contributed by atoms with Gasteiger partial charge in [0.25, 0.3) is 0 Å². The van der Waals surface area contributed by atoms with Gasteiger partial charge in [0.05, 0.1) is 18.0 Å². The number of carboxylic acids is 1. The predicted molar refractivity (Wildman–Crippen MR) is 143 cm³/mol. The van der Waals surface area contributed by atoms with E-state index in [1.165, 1.54) is 4.90 Å². The second-order valence-corrected chi connectivity index (χ2v) is 9.34. The third kappa shape index (κ3) is 5.20. The number of carbonyl (C=O) groups excluding carboxylic acids is 2. The molecule has 1 amide bonds. The number of aryl methyl sites for hydroxylation is 1. The molecule has 206 valence electrons. The summed E-state index contributed by atoms with van der Waals surface area (Å²) in [5.41, 5.74) is 4.83. The van der Waals surface area contributed by atoms with Gasteiger partial charge in [-0.1, -0.05) is 55.5 Å². The number of hydrogen-bond acceptors (Lipinski definition) is 8. The molecule has 12 nitrogen and oxygen atoms in total. The summed E-state index contributed by atoms with van der Waals surface area (Å²) < 4.78 is 6.79. The summed E-state index contributed by atoms with van der Waals surface area (Å²) >= 11 is 0. The topological polar surface area (TPSA) is 156 Å². The molecule has 0 fully saturated rings. The van der Waals surface area contributed by atoms with Crippen molar-refractivity contribution < 1.29 is 24.2 Å². The summed E-state index contributed by atoms with van der Waals surface area (Å²) in [7, 11) is 0. The van der Waals surface area contributed by atoms with Crippen LogP contribution in [0.4, 0.5) is 0 Å². The highest BCUT2D eigenvalue weighted by Crippen LogP contribution is 2.33. The molecule has 12 heteroatoms. The van der Waals surface area contributed by atoms with Crippen LogP contribution in [0.25, 0.3) is 22.5 Å². The van der Waals surface area contributed by atoms with Crippen molar-refractivity contribution in [3.05, 3.63) is 71.3 Å². The molecular weight excluding hydrogens is 514 g/mol. The molecule has 3 heterocycles. The molecule has 2 aromatic carbocycles. The largest absolute Gasteiger partial charge is 0.479 e. The van der Waals surface area contributed by atoms with Gasteiger partial charge < -0.3 is 19.3 Å². The number of fused-ring (bicyclic) bond motifs is 1. The van der Waals surface area contributed by atoms with Crippen LogP contribution in [0.1, 0.15) is 49.1 Å². The summed E-state index contributed by atoms with van der Waals surface area (Å²) in [6.45, 7) is 4.30. The van der Waals surface area contributed by atoms with E-state index in [0.29, 0.717) is 36.6 Å². The SMILES string of the molecule is CCOC(=O)CC(=O)N1CCc2nc(CC)n(Cc3ccc(-c4ccccc4-c4nn[nH]n4)cc3)c2C1C(=O)O. The van der Waals surface area contributed by atoms with Crippen LogP contribution in [-0.4, -0.2) is 71.2 Å². The number of carboxylic acid groups (broad SMARTS) is 1. The summed E-state index contributed by atoms with van der Waals surface area (Å²) in [6, 6.07) is 14.5. The van der Waals surface area contributed by atoms with Crippen LogP contribution in [0.15, 0.2) is 48.5 Å². The van der Waals surface area contributed by atoms with Crippen LogP contribution < -0.4 is 0 Å². The molecule has 1 aliphatic heterocycles. The highest BCUT2D eigenvalue weighted by Gasteiger charge is 2.40. The minimum absolute atomic E-state index is 0.146. The van der Waals surface area contributed by atoms with Crippen LogP contribution in [0.5, 0.6) is 0 Å². The molecule has 0 saturated carbocycles. The van der Waals surface area contributed by atoms with E-state index in [1.807, 2.05) is 60.0 Å². The number of esters is 1. The van der Waals surface area contributed by atoms with Gasteiger partial charge in [-0.3, -0.25) is 9.59 Å². The number of carbonyl (C=O) groups is 3. The van der Waals surface area contributed by atoms with Crippen molar-refractivity contribution in [1.29, 1.82) is 0 Å². The molecule has 5 rings (SSSR count). The lowest BCUT2D eigenvalue weighted by Crippen LogP contribution is -2.45. The summed E-state index contributed by atoms with van der Waals surface area (Å²) in [5, 5.41) is 24.6. The number of amides is 1. The molecule has 1 aliphatic rings. The number of ether oxygens (including phenoxy) is 1. The zero-order chi connectivity index (χ0) is 28.2. The van der Waals surface area contributed by atoms with Crippen molar-refractivity contribution in [1.82, 2.24) is 35.1 Å². The number of imidazole rings is 1. The van der Waals surface area contributed by atoms with E-state index in [1.54, 1.807) is 6.92 Å². The Morgan fingerprint density at radius 3 is 2.48 bits per heavy atom. The van der Waals surface area contributed by atoms with Crippen LogP contribution in [-0.2, 0) is 38.5 Å². The van der Waals surface area contributed by atoms with Crippen molar-refractivity contribution in [2.45, 2.75) is 45.7 Å². The van der Waals surface area contributed by atoms with Crippen molar-refractivity contribution in [2.75, 3.05) is 13.2 Å². The minimum atomic E-state index is -1.25. The Morgan fingerprint density at radius 1 is 1.07 bits per heavy atom. The van der Waals surface area contributed by atoms with Crippen LogP contribution in [0, 0.1) is 0 Å². The van der Waals surface area contributed by atoms with E-state index in [2.05, 4.69) is 20.6 Å². The number of rotatable bonds is 9. The Kier molecular flexibility index (Phi) is 7.67. The van der Waals surface area contributed by atoms with E-state index >= 15 is 0 Å². The fourth-order valence-electron chi connectivity index (χ4n) is 5.14. The second-order valence-electron chi connectivity index (χ2n) is 9.34. The predicted octanol–water partition coefficient (Wildman–Crippen LogP) is 2.80. The Balaban J connectivity index is 1.45. The highest BCUT2D eigenvalue weighted by atomic mass is 16.5. The molecule has 2 aromatic heterocycles. The monoisotopic (exact) mass is 543 g/mol. The number of nitrogens with zero attached hydrogens (tertiary/aromatic N) is 6. The highest BCUT2D eigenvalue weighted by molar-refractivity contribution is 5.96. The lowest BCUT2D eigenvalue weighted by Gasteiger charge is -2.33. The van der Waals surface area contributed by atoms with Gasteiger partial charge in [0.2, 0.25) is 11.7 Å². The number of benzene rings is 2. The number of aromatic nitrogens is 6. The lowest BCUT2D eigenvalue weighted by molar-refractivity contribution is -0.156. The third-order valence-electron chi connectivity index (χ3n) is 6.91. The fraction of sp³-hybridized carbons (Fsp3) is 0.321. The molecule has 40 heavy (non-hydrogen) atoms. The first-order valence-corrected chi connectivity index (χ1v) is 13.1. The lowest BCUT2D eigenvalue weighted by atomic mass is 9.98. The Morgan fingerprint density at radius 2 is 1.82 bits per heavy atom. The molecular formula is C28H29N7O5. The maximum absolute atomic E-state index is 13.0. The maximum Gasteiger partial charge on any atom is 0.332 e. The molecule has 1 atom stereocenters. The zero-order valence-electron chi connectivity index (χ0n) is 22.2. The maximum atomic E-state index is 13.0. The average molecular weight is 544 g/mol. The van der Waals surface area contributed by atoms with Crippen LogP contribution >= 0.6 is 0 Å². The van der Waals surface area contributed by atoms with Gasteiger partial charge in [-0.2, -0.15) is 5.21 Å².